The molecule has 1 fully saturated rings. The molecule has 2 heterocycles. The van der Waals surface area contributed by atoms with E-state index in [-0.39, 0.29) is 19.4 Å². The summed E-state index contributed by atoms with van der Waals surface area (Å²) in [5.41, 5.74) is -1.14. The normalized spacial score (nSPS) is 26.7. The first-order valence-corrected chi connectivity index (χ1v) is 6.66. The van der Waals surface area contributed by atoms with Gasteiger partial charge in [-0.1, -0.05) is 0 Å². The van der Waals surface area contributed by atoms with Crippen LogP contribution in [0.3, 0.4) is 0 Å². The molecule has 0 radical (unpaired) electrons. The summed E-state index contributed by atoms with van der Waals surface area (Å²) in [5, 5.41) is 9.66. The quantitative estimate of drug-likeness (QED) is 0.603. The minimum atomic E-state index is -3.83. The van der Waals surface area contributed by atoms with Gasteiger partial charge in [-0.25, -0.2) is 9.59 Å². The highest BCUT2D eigenvalue weighted by atomic mass is 19.3. The van der Waals surface area contributed by atoms with E-state index in [4.69, 9.17) is 0 Å². The Hall–Kier alpha value is -2.19. The maximum Gasteiger partial charge on any atom is 0.347 e. The number of hydrogen-bond donors (Lipinski definition) is 1. The Bertz CT molecular complexity index is 559. The molecule has 7 nitrogen and oxygen atoms in total. The fourth-order valence-corrected chi connectivity index (χ4v) is 2.76. The van der Waals surface area contributed by atoms with Crippen LogP contribution >= 0.6 is 0 Å². The number of carbonyl (C=O) groups is 3. The van der Waals surface area contributed by atoms with Gasteiger partial charge in [0.15, 0.2) is 11.3 Å². The summed E-state index contributed by atoms with van der Waals surface area (Å²) in [6.07, 6.45) is -0.235. The second kappa shape index (κ2) is 5.54. The van der Waals surface area contributed by atoms with Crippen LogP contribution in [0, 0.1) is 0 Å². The van der Waals surface area contributed by atoms with Crippen molar-refractivity contribution in [3.63, 3.8) is 0 Å². The van der Waals surface area contributed by atoms with Gasteiger partial charge in [-0.2, -0.15) is 8.78 Å². The average molecular weight is 319 g/mol. The number of methoxy groups -OCH3 is 1. The summed E-state index contributed by atoms with van der Waals surface area (Å²) < 4.78 is 37.5. The number of carbonyl (C=O) groups excluding carboxylic acids is 3. The van der Waals surface area contributed by atoms with Crippen molar-refractivity contribution >= 4 is 17.8 Å². The van der Waals surface area contributed by atoms with Crippen LogP contribution in [0.15, 0.2) is 11.3 Å². The van der Waals surface area contributed by atoms with E-state index >= 15 is 0 Å². The molecule has 1 saturated heterocycles. The largest absolute Gasteiger partial charge is 0.505 e. The Labute approximate surface area is 124 Å². The van der Waals surface area contributed by atoms with E-state index in [1.807, 2.05) is 0 Å². The number of amides is 1. The third-order valence-electron chi connectivity index (χ3n) is 3.76. The maximum absolute atomic E-state index is 14.3. The van der Waals surface area contributed by atoms with Crippen LogP contribution in [0.5, 0.6) is 0 Å². The lowest BCUT2D eigenvalue weighted by atomic mass is 9.96. The molecular formula is C13H15F2NO6. The molecule has 2 rings (SSSR count). The molecule has 22 heavy (non-hydrogen) atoms. The number of rotatable bonds is 3. The van der Waals surface area contributed by atoms with Crippen molar-refractivity contribution in [1.82, 2.24) is 4.90 Å². The van der Waals surface area contributed by atoms with Gasteiger partial charge in [0.2, 0.25) is 0 Å². The van der Waals surface area contributed by atoms with Gasteiger partial charge in [0.25, 0.3) is 5.91 Å². The Morgan fingerprint density at radius 1 is 1.41 bits per heavy atom. The number of esters is 2. The van der Waals surface area contributed by atoms with Crippen molar-refractivity contribution < 1.29 is 37.7 Å². The fourth-order valence-electron chi connectivity index (χ4n) is 2.76. The van der Waals surface area contributed by atoms with E-state index in [0.717, 1.165) is 7.11 Å². The maximum atomic E-state index is 14.3. The topological polar surface area (TPSA) is 93.1 Å². The summed E-state index contributed by atoms with van der Waals surface area (Å²) in [7, 11) is 1.07. The van der Waals surface area contributed by atoms with E-state index in [9.17, 15) is 28.3 Å². The zero-order chi connectivity index (χ0) is 16.7. The number of hydrogen-bond acceptors (Lipinski definition) is 6. The van der Waals surface area contributed by atoms with Crippen LogP contribution in [0.1, 0.15) is 19.8 Å². The van der Waals surface area contributed by atoms with Crippen molar-refractivity contribution in [3.05, 3.63) is 11.3 Å². The predicted molar refractivity (Wildman–Crippen MR) is 66.9 cm³/mol. The molecule has 2 aliphatic rings. The molecular weight excluding hydrogens is 304 g/mol. The van der Waals surface area contributed by atoms with Crippen LogP contribution in [-0.2, 0) is 23.9 Å². The number of alkyl halides is 2. The minimum absolute atomic E-state index is 0.0396. The molecule has 1 amide bonds. The van der Waals surface area contributed by atoms with Crippen molar-refractivity contribution in [2.24, 2.45) is 0 Å². The Balaban J connectivity index is 2.49. The van der Waals surface area contributed by atoms with Gasteiger partial charge < -0.3 is 19.5 Å². The first-order chi connectivity index (χ1) is 10.3. The molecule has 0 aliphatic carbocycles. The third-order valence-corrected chi connectivity index (χ3v) is 3.76. The van der Waals surface area contributed by atoms with Crippen LogP contribution < -0.4 is 0 Å². The van der Waals surface area contributed by atoms with Gasteiger partial charge in [-0.3, -0.25) is 4.79 Å². The van der Waals surface area contributed by atoms with Crippen molar-refractivity contribution in [3.8, 4) is 0 Å². The van der Waals surface area contributed by atoms with Gasteiger partial charge in [0.05, 0.1) is 13.7 Å². The molecule has 1 unspecified atom stereocenters. The number of aliphatic hydroxyl groups is 1. The van der Waals surface area contributed by atoms with Crippen molar-refractivity contribution in [2.45, 2.75) is 37.8 Å². The van der Waals surface area contributed by atoms with E-state index < -0.39 is 47.2 Å². The summed E-state index contributed by atoms with van der Waals surface area (Å²) in [5.74, 6) is -8.80. The summed E-state index contributed by atoms with van der Waals surface area (Å²) >= 11 is 0. The monoisotopic (exact) mass is 319 g/mol. The number of halogens is 2. The lowest BCUT2D eigenvalue weighted by Gasteiger charge is -2.37. The van der Waals surface area contributed by atoms with E-state index in [0.29, 0.717) is 4.90 Å². The molecule has 0 saturated carbocycles. The molecule has 0 aromatic heterocycles. The van der Waals surface area contributed by atoms with E-state index in [1.165, 1.54) is 6.92 Å². The molecule has 2 aliphatic heterocycles. The fraction of sp³-hybridized carbons (Fsp3) is 0.615. The molecule has 0 bridgehead atoms. The summed E-state index contributed by atoms with van der Waals surface area (Å²) in [4.78, 5) is 36.3. The lowest BCUT2D eigenvalue weighted by molar-refractivity contribution is -0.162. The highest BCUT2D eigenvalue weighted by Gasteiger charge is 2.61. The number of ether oxygens (including phenoxy) is 2. The van der Waals surface area contributed by atoms with Crippen LogP contribution in [0.2, 0.25) is 0 Å². The average Bonchev–Trinajstić information content (AvgIpc) is 2.91. The molecule has 0 aromatic rings. The van der Waals surface area contributed by atoms with Gasteiger partial charge in [0, 0.05) is 0 Å². The molecule has 9 heteroatoms. The van der Waals surface area contributed by atoms with Crippen molar-refractivity contribution in [1.29, 1.82) is 0 Å². The van der Waals surface area contributed by atoms with Gasteiger partial charge in [-0.15, -0.1) is 0 Å². The molecule has 1 N–H and O–H groups in total. The number of nitrogens with zero attached hydrogens (tertiary/aromatic N) is 1. The SMILES string of the molecule is CCOC(=O)C1=C(O)C(F)(F)C2CC[C@H](C(=O)OC)N2C1=O. The van der Waals surface area contributed by atoms with Crippen molar-refractivity contribution in [2.75, 3.05) is 13.7 Å². The third kappa shape index (κ3) is 2.20. The standard InChI is InChI=1S/C13H15F2NO6/c1-3-22-12(20)8-9(17)13(14,15)7-5-4-6(11(19)21-2)16(7)10(8)18/h6-7,17H,3-5H2,1-2H3/t6-,7?/m1/s1. The Morgan fingerprint density at radius 2 is 2.05 bits per heavy atom. The zero-order valence-electron chi connectivity index (χ0n) is 12.0. The number of aliphatic hydroxyl groups excluding tert-OH is 1. The van der Waals surface area contributed by atoms with Crippen LogP contribution in [0.25, 0.3) is 0 Å². The van der Waals surface area contributed by atoms with E-state index in [2.05, 4.69) is 9.47 Å². The van der Waals surface area contributed by atoms with Crippen LogP contribution in [0.4, 0.5) is 8.78 Å². The molecule has 0 aromatic carbocycles. The van der Waals surface area contributed by atoms with Gasteiger partial charge in [0.1, 0.15) is 12.1 Å². The Kier molecular flexibility index (Phi) is 4.08. The van der Waals surface area contributed by atoms with Gasteiger partial charge in [-0.05, 0) is 19.8 Å². The predicted octanol–water partition coefficient (Wildman–Crippen LogP) is 0.543. The summed E-state index contributed by atoms with van der Waals surface area (Å²) in [6, 6.07) is -2.91. The lowest BCUT2D eigenvalue weighted by Crippen LogP contribution is -2.58. The zero-order valence-corrected chi connectivity index (χ0v) is 12.0. The van der Waals surface area contributed by atoms with Gasteiger partial charge >= 0.3 is 17.9 Å². The Morgan fingerprint density at radius 3 is 2.59 bits per heavy atom. The van der Waals surface area contributed by atoms with Crippen LogP contribution in [-0.4, -0.2) is 59.6 Å². The number of fused-ring (bicyclic) bond motifs is 1. The first kappa shape index (κ1) is 16.2. The van der Waals surface area contributed by atoms with E-state index in [1.54, 1.807) is 0 Å². The summed E-state index contributed by atoms with van der Waals surface area (Å²) in [6.45, 7) is 1.27. The highest BCUT2D eigenvalue weighted by molar-refractivity contribution is 6.18. The molecule has 122 valence electrons. The first-order valence-electron chi connectivity index (χ1n) is 6.66. The molecule has 2 atom stereocenters. The second-order valence-corrected chi connectivity index (χ2v) is 4.91. The molecule has 0 spiro atoms. The second-order valence-electron chi connectivity index (χ2n) is 4.91. The smallest absolute Gasteiger partial charge is 0.347 e. The highest BCUT2D eigenvalue weighted by Crippen LogP contribution is 2.44. The minimum Gasteiger partial charge on any atom is -0.505 e.